The first-order valence-electron chi connectivity index (χ1n) is 8.86. The number of benzene rings is 1. The lowest BCUT2D eigenvalue weighted by Crippen LogP contribution is -2.04. The number of carboxylic acids is 1. The van der Waals surface area contributed by atoms with Crippen molar-refractivity contribution < 1.29 is 27.8 Å². The van der Waals surface area contributed by atoms with Crippen molar-refractivity contribution in [1.82, 2.24) is 15.0 Å². The van der Waals surface area contributed by atoms with Crippen LogP contribution in [0.4, 0.5) is 13.2 Å². The van der Waals surface area contributed by atoms with Gasteiger partial charge < -0.3 is 14.8 Å². The molecule has 0 bridgehead atoms. The summed E-state index contributed by atoms with van der Waals surface area (Å²) in [5.41, 5.74) is 1.02. The minimum Gasteiger partial charge on any atom is -0.494 e. The number of alkyl halides is 3. The van der Waals surface area contributed by atoms with Crippen molar-refractivity contribution in [2.24, 2.45) is 0 Å². The van der Waals surface area contributed by atoms with Gasteiger partial charge in [-0.3, -0.25) is 9.78 Å². The Morgan fingerprint density at radius 2 is 1.72 bits per heavy atom. The molecule has 2 N–H and O–H groups in total. The number of ether oxygens (including phenoxy) is 1. The number of aromatic nitrogens is 3. The summed E-state index contributed by atoms with van der Waals surface area (Å²) in [6, 6.07) is 10.6. The highest BCUT2D eigenvalue weighted by Gasteiger charge is 2.33. The molecule has 1 aromatic carbocycles. The Hall–Kier alpha value is -3.36. The first kappa shape index (κ1) is 20.4. The van der Waals surface area contributed by atoms with E-state index < -0.39 is 17.8 Å². The minimum atomic E-state index is -4.47. The topological polar surface area (TPSA) is 88.1 Å². The third-order valence-corrected chi connectivity index (χ3v) is 4.12. The maximum atomic E-state index is 12.7. The minimum absolute atomic E-state index is 0.100. The average Bonchev–Trinajstić information content (AvgIpc) is 3.19. The number of aliphatic carboxylic acids is 1. The van der Waals surface area contributed by atoms with Crippen LogP contribution in [-0.2, 0) is 11.0 Å². The van der Waals surface area contributed by atoms with Gasteiger partial charge in [-0.15, -0.1) is 0 Å². The molecular weight excluding hydrogens is 387 g/mol. The zero-order valence-corrected chi connectivity index (χ0v) is 15.2. The molecule has 0 saturated heterocycles. The Morgan fingerprint density at radius 1 is 1.00 bits per heavy atom. The van der Waals surface area contributed by atoms with Crippen molar-refractivity contribution in [2.45, 2.75) is 25.4 Å². The molecule has 3 rings (SSSR count). The monoisotopic (exact) mass is 405 g/mol. The van der Waals surface area contributed by atoms with E-state index in [2.05, 4.69) is 15.0 Å². The zero-order valence-electron chi connectivity index (χ0n) is 15.2. The van der Waals surface area contributed by atoms with Gasteiger partial charge in [0, 0.05) is 23.7 Å². The SMILES string of the molecule is O=C(O)CCCCOc1ccc(-c2ccc(-c3ncc(C(F)(F)F)[nH]3)cn2)cc1. The standard InChI is InChI=1S/C20H18F3N3O3/c21-20(22,23)17-12-25-19(26-17)14-6-9-16(24-11-14)13-4-7-15(8-5-13)29-10-2-1-3-18(27)28/h4-9,11-12H,1-3,10H2,(H,25,26)(H,27,28). The smallest absolute Gasteiger partial charge is 0.432 e. The summed E-state index contributed by atoms with van der Waals surface area (Å²) in [5.74, 6) is -0.0558. The van der Waals surface area contributed by atoms with Gasteiger partial charge in [-0.25, -0.2) is 4.98 Å². The number of pyridine rings is 1. The molecule has 9 heteroatoms. The number of carboxylic acid groups (broad SMARTS) is 1. The van der Waals surface area contributed by atoms with Crippen molar-refractivity contribution in [3.63, 3.8) is 0 Å². The molecule has 3 aromatic rings. The molecule has 0 aliphatic rings. The molecule has 0 saturated carbocycles. The molecule has 0 spiro atoms. The summed E-state index contributed by atoms with van der Waals surface area (Å²) in [4.78, 5) is 20.7. The third kappa shape index (κ3) is 5.56. The van der Waals surface area contributed by atoms with Crippen LogP contribution in [0, 0.1) is 0 Å². The molecule has 0 aliphatic carbocycles. The fourth-order valence-corrected chi connectivity index (χ4v) is 2.61. The van der Waals surface area contributed by atoms with Gasteiger partial charge in [-0.05, 0) is 49.2 Å². The van der Waals surface area contributed by atoms with Gasteiger partial charge in [0.25, 0.3) is 0 Å². The second kappa shape index (κ2) is 8.76. The van der Waals surface area contributed by atoms with Crippen LogP contribution < -0.4 is 4.74 Å². The summed E-state index contributed by atoms with van der Waals surface area (Å²) in [6.45, 7) is 0.433. The third-order valence-electron chi connectivity index (χ3n) is 4.12. The van der Waals surface area contributed by atoms with Crippen LogP contribution in [0.25, 0.3) is 22.6 Å². The van der Waals surface area contributed by atoms with Gasteiger partial charge in [0.05, 0.1) is 18.5 Å². The Bertz CT molecular complexity index is 952. The molecule has 0 atom stereocenters. The molecular formula is C20H18F3N3O3. The predicted octanol–water partition coefficient (Wildman–Crippen LogP) is 4.79. The van der Waals surface area contributed by atoms with Crippen molar-refractivity contribution in [3.05, 3.63) is 54.5 Å². The van der Waals surface area contributed by atoms with E-state index in [-0.39, 0.29) is 12.2 Å². The number of hydrogen-bond donors (Lipinski definition) is 2. The number of rotatable bonds is 8. The summed E-state index contributed by atoms with van der Waals surface area (Å²) in [7, 11) is 0. The maximum Gasteiger partial charge on any atom is 0.432 e. The largest absolute Gasteiger partial charge is 0.494 e. The first-order valence-corrected chi connectivity index (χ1v) is 8.86. The van der Waals surface area contributed by atoms with Crippen molar-refractivity contribution in [3.8, 4) is 28.4 Å². The van der Waals surface area contributed by atoms with Gasteiger partial charge in [-0.1, -0.05) is 0 Å². The number of aromatic amines is 1. The predicted molar refractivity (Wildman–Crippen MR) is 99.2 cm³/mol. The highest BCUT2D eigenvalue weighted by atomic mass is 19.4. The molecule has 0 amide bonds. The lowest BCUT2D eigenvalue weighted by Gasteiger charge is -2.07. The highest BCUT2D eigenvalue weighted by molar-refractivity contribution is 5.66. The fraction of sp³-hybridized carbons (Fsp3) is 0.250. The van der Waals surface area contributed by atoms with Crippen LogP contribution in [0.15, 0.2) is 48.8 Å². The van der Waals surface area contributed by atoms with E-state index in [1.807, 2.05) is 12.1 Å². The van der Waals surface area contributed by atoms with E-state index in [0.29, 0.717) is 36.5 Å². The molecule has 0 fully saturated rings. The lowest BCUT2D eigenvalue weighted by atomic mass is 10.1. The number of hydrogen-bond acceptors (Lipinski definition) is 4. The number of unbranched alkanes of at least 4 members (excludes halogenated alkanes) is 1. The fourth-order valence-electron chi connectivity index (χ4n) is 2.61. The van der Waals surface area contributed by atoms with Crippen LogP contribution in [-0.4, -0.2) is 32.6 Å². The Balaban J connectivity index is 1.60. The second-order valence-electron chi connectivity index (χ2n) is 6.30. The van der Waals surface area contributed by atoms with E-state index >= 15 is 0 Å². The van der Waals surface area contributed by atoms with Crippen molar-refractivity contribution in [2.75, 3.05) is 6.61 Å². The molecule has 29 heavy (non-hydrogen) atoms. The quantitative estimate of drug-likeness (QED) is 0.526. The van der Waals surface area contributed by atoms with E-state index in [9.17, 15) is 18.0 Å². The van der Waals surface area contributed by atoms with Crippen LogP contribution in [0.3, 0.4) is 0 Å². The molecule has 2 heterocycles. The molecule has 0 radical (unpaired) electrons. The number of carbonyl (C=O) groups is 1. The van der Waals surface area contributed by atoms with Crippen molar-refractivity contribution >= 4 is 5.97 Å². The summed E-state index contributed by atoms with van der Waals surface area (Å²) in [6.07, 6.45) is -0.924. The number of imidazole rings is 1. The van der Waals surface area contributed by atoms with Crippen molar-refractivity contribution in [1.29, 1.82) is 0 Å². The molecule has 0 unspecified atom stereocenters. The number of nitrogens with one attached hydrogen (secondary N) is 1. The van der Waals surface area contributed by atoms with Gasteiger partial charge in [0.1, 0.15) is 17.3 Å². The van der Waals surface area contributed by atoms with Gasteiger partial charge in [-0.2, -0.15) is 13.2 Å². The molecule has 152 valence electrons. The molecule has 0 aliphatic heterocycles. The maximum absolute atomic E-state index is 12.7. The Kier molecular flexibility index (Phi) is 6.16. The van der Waals surface area contributed by atoms with Gasteiger partial charge in [0.2, 0.25) is 0 Å². The van der Waals surface area contributed by atoms with E-state index in [4.69, 9.17) is 9.84 Å². The summed E-state index contributed by atoms with van der Waals surface area (Å²) in [5, 5.41) is 8.59. The Labute approximate surface area is 164 Å². The zero-order chi connectivity index (χ0) is 20.9. The Morgan fingerprint density at radius 3 is 2.31 bits per heavy atom. The normalized spacial score (nSPS) is 11.4. The molecule has 2 aromatic heterocycles. The number of halogens is 3. The van der Waals surface area contributed by atoms with Crippen LogP contribution in [0.2, 0.25) is 0 Å². The average molecular weight is 405 g/mol. The van der Waals surface area contributed by atoms with E-state index in [0.717, 1.165) is 11.8 Å². The van der Waals surface area contributed by atoms with E-state index in [1.54, 1.807) is 24.3 Å². The van der Waals surface area contributed by atoms with Crippen LogP contribution in [0.5, 0.6) is 5.75 Å². The highest BCUT2D eigenvalue weighted by Crippen LogP contribution is 2.29. The lowest BCUT2D eigenvalue weighted by molar-refractivity contribution is -0.141. The second-order valence-corrected chi connectivity index (χ2v) is 6.30. The number of H-pyrrole nitrogens is 1. The van der Waals surface area contributed by atoms with Gasteiger partial charge in [0.15, 0.2) is 0 Å². The summed E-state index contributed by atoms with van der Waals surface area (Å²) < 4.78 is 43.6. The van der Waals surface area contributed by atoms with Crippen LogP contribution >= 0.6 is 0 Å². The van der Waals surface area contributed by atoms with Gasteiger partial charge >= 0.3 is 12.1 Å². The number of nitrogens with zero attached hydrogens (tertiary/aromatic N) is 2. The van der Waals surface area contributed by atoms with E-state index in [1.165, 1.54) is 6.20 Å². The first-order chi connectivity index (χ1) is 13.8. The van der Waals surface area contributed by atoms with Crippen LogP contribution in [0.1, 0.15) is 25.0 Å². The molecule has 6 nitrogen and oxygen atoms in total. The summed E-state index contributed by atoms with van der Waals surface area (Å²) >= 11 is 0.